The average Bonchev–Trinajstić information content (AvgIpc) is 3.98. The Balaban J connectivity index is 1.22. The summed E-state index contributed by atoms with van der Waals surface area (Å²) in [4.78, 5) is 15.4. The predicted octanol–water partition coefficient (Wildman–Crippen LogP) is 16.5. The van der Waals surface area contributed by atoms with E-state index in [4.69, 9.17) is 0 Å². The largest absolute Gasteiger partial charge is 0.507 e. The molecule has 0 radical (unpaired) electrons. The van der Waals surface area contributed by atoms with E-state index in [2.05, 4.69) is 207 Å². The third-order valence-electron chi connectivity index (χ3n) is 18.6. The van der Waals surface area contributed by atoms with Gasteiger partial charge in [-0.3, -0.25) is 0 Å². The first-order chi connectivity index (χ1) is 37.1. The maximum atomic E-state index is 12.4. The summed E-state index contributed by atoms with van der Waals surface area (Å²) in [5, 5.41) is 49.8. The van der Waals surface area contributed by atoms with E-state index in [1.807, 2.05) is 0 Å². The van der Waals surface area contributed by atoms with Crippen molar-refractivity contribution in [2.75, 3.05) is 0 Å². The predicted molar refractivity (Wildman–Crippen MR) is 331 cm³/mol. The molecule has 4 aromatic heterocycles. The summed E-state index contributed by atoms with van der Waals surface area (Å²) in [6.07, 6.45) is 4.15. The molecule has 1 aliphatic rings. The Hall–Kier alpha value is -6.80. The first kappa shape index (κ1) is 57.9. The van der Waals surface area contributed by atoms with E-state index >= 15 is 0 Å². The lowest BCUT2D eigenvalue weighted by Crippen LogP contribution is -2.14. The molecule has 0 fully saturated rings. The first-order valence-electron chi connectivity index (χ1n) is 29.2. The zero-order valence-electron chi connectivity index (χ0n) is 52.1. The van der Waals surface area contributed by atoms with E-state index in [0.717, 1.165) is 112 Å². The van der Waals surface area contributed by atoms with Crippen molar-refractivity contribution in [3.05, 3.63) is 205 Å². The van der Waals surface area contributed by atoms with Gasteiger partial charge >= 0.3 is 0 Å². The molecule has 4 aromatic carbocycles. The summed E-state index contributed by atoms with van der Waals surface area (Å²) in [7, 11) is 0. The van der Waals surface area contributed by atoms with Crippen molar-refractivity contribution in [3.63, 3.8) is 0 Å². The van der Waals surface area contributed by atoms with E-state index in [1.54, 1.807) is 0 Å². The van der Waals surface area contributed by atoms with Gasteiger partial charge in [0.25, 0.3) is 0 Å². The van der Waals surface area contributed by atoms with Crippen LogP contribution < -0.4 is 0 Å². The Labute approximate surface area is 478 Å². The number of H-pyrrole nitrogens is 4. The summed E-state index contributed by atoms with van der Waals surface area (Å²) in [6.45, 7) is 44.1. The number of phenolic OH excluding ortho intramolecular Hbond substituents is 4. The SMILES string of the molecule is Cc1c2[nH]c(c1C)Cc1[nH]c(c(C)c1C)Cc1cc(C(C)(C)C)cc(c1O)Cc1cc(C(C)(C)C)cc(c1O)Cc1[nH]c(c(C)c1C)Cc1[nH]c(c(C)c1C)Cc1cc(C(C)(C)C)cc(c1O)Cc1cc(C(C)(C)C)cc(c1O)C2. The van der Waals surface area contributed by atoms with Crippen LogP contribution in [0.15, 0.2) is 48.5 Å². The number of hydrogen-bond acceptors (Lipinski definition) is 4. The molecule has 8 aromatic rings. The molecular weight excluding hydrogens is 985 g/mol. The topological polar surface area (TPSA) is 144 Å². The van der Waals surface area contributed by atoms with Gasteiger partial charge in [0.05, 0.1) is 0 Å². The van der Waals surface area contributed by atoms with E-state index < -0.39 is 0 Å². The minimum Gasteiger partial charge on any atom is -0.507 e. The van der Waals surface area contributed by atoms with E-state index in [-0.39, 0.29) is 44.7 Å². The highest BCUT2D eigenvalue weighted by Gasteiger charge is 2.28. The fourth-order valence-corrected chi connectivity index (χ4v) is 12.1. The van der Waals surface area contributed by atoms with E-state index in [1.165, 1.54) is 44.5 Å². The fraction of sp³-hybridized carbons (Fsp3) is 0.444. The van der Waals surface area contributed by atoms with Crippen molar-refractivity contribution in [1.82, 2.24) is 19.9 Å². The summed E-state index contributed by atoms with van der Waals surface area (Å²) in [5.41, 5.74) is 28.6. The third-order valence-corrected chi connectivity index (χ3v) is 18.6. The van der Waals surface area contributed by atoms with Crippen LogP contribution in [0.5, 0.6) is 23.0 Å². The highest BCUT2D eigenvalue weighted by atomic mass is 16.3. The molecule has 0 saturated carbocycles. The molecule has 0 saturated heterocycles. The van der Waals surface area contributed by atoms with Gasteiger partial charge in [-0.25, -0.2) is 0 Å². The fourth-order valence-electron chi connectivity index (χ4n) is 12.1. The molecule has 9 rings (SSSR count). The van der Waals surface area contributed by atoms with Crippen molar-refractivity contribution in [3.8, 4) is 23.0 Å². The van der Waals surface area contributed by atoms with E-state index in [0.29, 0.717) is 51.4 Å². The first-order valence-corrected chi connectivity index (χ1v) is 29.2. The van der Waals surface area contributed by atoms with Crippen LogP contribution in [0.4, 0.5) is 0 Å². The lowest BCUT2D eigenvalue weighted by molar-refractivity contribution is 0.453. The molecule has 16 bridgehead atoms. The molecule has 5 heterocycles. The Bertz CT molecular complexity index is 3240. The second kappa shape index (κ2) is 20.6. The molecule has 0 aliphatic carbocycles. The van der Waals surface area contributed by atoms with Crippen LogP contribution in [-0.4, -0.2) is 40.4 Å². The summed E-state index contributed by atoms with van der Waals surface area (Å²) < 4.78 is 0. The number of nitrogens with one attached hydrogen (secondary N) is 4. The monoisotopic (exact) mass is 1080 g/mol. The molecule has 8 heteroatoms. The number of benzene rings is 4. The van der Waals surface area contributed by atoms with Crippen LogP contribution in [-0.2, 0) is 73.0 Å². The zero-order chi connectivity index (χ0) is 58.6. The van der Waals surface area contributed by atoms with Gasteiger partial charge in [0.1, 0.15) is 23.0 Å². The highest BCUT2D eigenvalue weighted by molar-refractivity contribution is 5.58. The van der Waals surface area contributed by atoms with Gasteiger partial charge in [-0.2, -0.15) is 0 Å². The third kappa shape index (κ3) is 11.2. The average molecular weight is 1080 g/mol. The standard InChI is InChI=1S/C72H92N4O4/c1-37-41(5)61-35-62-42(6)38(2)58(74-62)32-50-28-55(71(15,16)17)25-47(67(50)79)22-48-26-56(72(18,19)20)30-52(68(48)80)34-60-40(4)44(8)64(76-60)36-63-43(7)39(3)59(75-63)33-51-29-54(70(12,13)14)24-46(66(51)78)21-45-23-53(69(9,10)11)27-49(65(45)77)31-57(37)73-61/h23-30,73-80H,21-22,31-36H2,1-20H3. The molecule has 0 unspecified atom stereocenters. The molecule has 8 N–H and O–H groups in total. The molecule has 1 aliphatic heterocycles. The van der Waals surface area contributed by atoms with Crippen LogP contribution in [0, 0.1) is 55.4 Å². The highest BCUT2D eigenvalue weighted by Crippen LogP contribution is 2.42. The quantitative estimate of drug-likeness (QED) is 0.0765. The number of phenols is 4. The zero-order valence-corrected chi connectivity index (χ0v) is 52.1. The molecule has 8 nitrogen and oxygen atoms in total. The maximum absolute atomic E-state index is 12.4. The molecule has 0 atom stereocenters. The summed E-state index contributed by atoms with van der Waals surface area (Å²) >= 11 is 0. The van der Waals surface area contributed by atoms with Gasteiger partial charge < -0.3 is 40.4 Å². The number of aromatic hydroxyl groups is 4. The van der Waals surface area contributed by atoms with Gasteiger partial charge in [0.15, 0.2) is 0 Å². The van der Waals surface area contributed by atoms with Gasteiger partial charge in [-0.1, -0.05) is 132 Å². The van der Waals surface area contributed by atoms with Crippen LogP contribution in [0.3, 0.4) is 0 Å². The van der Waals surface area contributed by atoms with Gasteiger partial charge in [-0.05, 0) is 166 Å². The van der Waals surface area contributed by atoms with Crippen LogP contribution in [0.1, 0.15) is 240 Å². The Kier molecular flexibility index (Phi) is 14.9. The lowest BCUT2D eigenvalue weighted by atomic mass is 9.81. The maximum Gasteiger partial charge on any atom is 0.122 e. The molecule has 0 amide bonds. The van der Waals surface area contributed by atoms with Crippen molar-refractivity contribution in [2.45, 2.75) is 212 Å². The second-order valence-electron chi connectivity index (χ2n) is 28.3. The number of aromatic amines is 4. The van der Waals surface area contributed by atoms with Gasteiger partial charge in [-0.15, -0.1) is 0 Å². The minimum absolute atomic E-state index is 0.198. The second-order valence-corrected chi connectivity index (χ2v) is 28.3. The number of aromatic nitrogens is 4. The summed E-state index contributed by atoms with van der Waals surface area (Å²) in [6, 6.07) is 17.3. The van der Waals surface area contributed by atoms with Crippen LogP contribution in [0.2, 0.25) is 0 Å². The molecule has 80 heavy (non-hydrogen) atoms. The van der Waals surface area contributed by atoms with Gasteiger partial charge in [0, 0.05) is 119 Å². The Morgan fingerprint density at radius 1 is 0.237 bits per heavy atom. The van der Waals surface area contributed by atoms with Gasteiger partial charge in [0.2, 0.25) is 0 Å². The number of hydrogen-bond donors (Lipinski definition) is 8. The normalized spacial score (nSPS) is 14.1. The Morgan fingerprint density at radius 2 is 0.375 bits per heavy atom. The molecule has 0 spiro atoms. The molecule has 424 valence electrons. The van der Waals surface area contributed by atoms with Crippen molar-refractivity contribution >= 4 is 0 Å². The van der Waals surface area contributed by atoms with Crippen LogP contribution in [0.25, 0.3) is 0 Å². The Morgan fingerprint density at radius 3 is 0.525 bits per heavy atom. The number of rotatable bonds is 0. The lowest BCUT2D eigenvalue weighted by Gasteiger charge is -2.24. The minimum atomic E-state index is -0.198. The molecular formula is C72H92N4O4. The smallest absolute Gasteiger partial charge is 0.122 e. The van der Waals surface area contributed by atoms with E-state index in [9.17, 15) is 20.4 Å². The van der Waals surface area contributed by atoms with Crippen molar-refractivity contribution in [2.24, 2.45) is 0 Å². The van der Waals surface area contributed by atoms with Crippen LogP contribution >= 0.6 is 0 Å². The van der Waals surface area contributed by atoms with Crippen molar-refractivity contribution in [1.29, 1.82) is 0 Å². The van der Waals surface area contributed by atoms with Crippen molar-refractivity contribution < 1.29 is 20.4 Å². The number of fused-ring (bicyclic) bond motifs is 16. The summed E-state index contributed by atoms with van der Waals surface area (Å²) in [5.74, 6) is 1.05.